The van der Waals surface area contributed by atoms with E-state index in [1.807, 2.05) is 20.8 Å². The summed E-state index contributed by atoms with van der Waals surface area (Å²) in [4.78, 5) is 11.4. The molecule has 0 aliphatic carbocycles. The number of carbonyl (C=O) groups is 1. The summed E-state index contributed by atoms with van der Waals surface area (Å²) >= 11 is 0. The normalized spacial score (nSPS) is 18.2. The maximum atomic E-state index is 11.4. The summed E-state index contributed by atoms with van der Waals surface area (Å²) in [6.45, 7) is 7.89. The van der Waals surface area contributed by atoms with Crippen LogP contribution in [0.4, 0.5) is 4.79 Å². The summed E-state index contributed by atoms with van der Waals surface area (Å²) in [5.74, 6) is 0. The predicted octanol–water partition coefficient (Wildman–Crippen LogP) is 1.24. The van der Waals surface area contributed by atoms with Crippen molar-refractivity contribution in [3.8, 4) is 0 Å². The molecular weight excluding hydrogens is 208 g/mol. The van der Waals surface area contributed by atoms with Crippen molar-refractivity contribution < 1.29 is 14.3 Å². The van der Waals surface area contributed by atoms with E-state index in [1.54, 1.807) is 0 Å². The summed E-state index contributed by atoms with van der Waals surface area (Å²) in [5.41, 5.74) is -0.206. The van der Waals surface area contributed by atoms with E-state index in [-0.39, 0.29) is 17.9 Å². The highest BCUT2D eigenvalue weighted by Crippen LogP contribution is 2.07. The minimum absolute atomic E-state index is 0.150. The van der Waals surface area contributed by atoms with Gasteiger partial charge in [-0.05, 0) is 27.2 Å². The monoisotopic (exact) mass is 230 g/mol. The molecule has 0 atom stereocenters. The van der Waals surface area contributed by atoms with Gasteiger partial charge in [-0.15, -0.1) is 0 Å². The second-order valence-electron chi connectivity index (χ2n) is 4.94. The summed E-state index contributed by atoms with van der Waals surface area (Å²) in [6.07, 6.45) is 1.48. The van der Waals surface area contributed by atoms with Gasteiger partial charge in [-0.2, -0.15) is 0 Å². The van der Waals surface area contributed by atoms with Crippen molar-refractivity contribution in [2.24, 2.45) is 0 Å². The lowest BCUT2D eigenvalue weighted by Gasteiger charge is -2.24. The van der Waals surface area contributed by atoms with Crippen LogP contribution < -0.4 is 10.6 Å². The molecule has 2 N–H and O–H groups in total. The Kier molecular flexibility index (Phi) is 5.02. The number of hydrogen-bond acceptors (Lipinski definition) is 3. The summed E-state index contributed by atoms with van der Waals surface area (Å²) < 4.78 is 10.7. The van der Waals surface area contributed by atoms with E-state index >= 15 is 0 Å². The van der Waals surface area contributed by atoms with Crippen molar-refractivity contribution in [2.45, 2.75) is 45.4 Å². The van der Waals surface area contributed by atoms with Crippen LogP contribution >= 0.6 is 0 Å². The van der Waals surface area contributed by atoms with Crippen LogP contribution in [0.25, 0.3) is 0 Å². The van der Waals surface area contributed by atoms with Crippen LogP contribution in [0.3, 0.4) is 0 Å². The molecule has 1 aliphatic heterocycles. The lowest BCUT2D eigenvalue weighted by molar-refractivity contribution is -0.180. The molecule has 1 rings (SSSR count). The maximum absolute atomic E-state index is 11.4. The molecule has 0 aromatic heterocycles. The highest BCUT2D eigenvalue weighted by molar-refractivity contribution is 5.74. The van der Waals surface area contributed by atoms with Gasteiger partial charge in [-0.3, -0.25) is 0 Å². The van der Waals surface area contributed by atoms with Crippen LogP contribution in [-0.4, -0.2) is 37.6 Å². The average molecular weight is 230 g/mol. The number of urea groups is 1. The lowest BCUT2D eigenvalue weighted by atomic mass is 10.1. The van der Waals surface area contributed by atoms with Crippen LogP contribution in [-0.2, 0) is 9.47 Å². The fourth-order valence-corrected chi connectivity index (χ4v) is 1.39. The van der Waals surface area contributed by atoms with Gasteiger partial charge in [0, 0.05) is 18.5 Å². The van der Waals surface area contributed by atoms with Gasteiger partial charge in [0.1, 0.15) is 0 Å². The fourth-order valence-electron chi connectivity index (χ4n) is 1.39. The van der Waals surface area contributed by atoms with Crippen molar-refractivity contribution in [1.82, 2.24) is 10.6 Å². The summed E-state index contributed by atoms with van der Waals surface area (Å²) in [7, 11) is 0. The summed E-state index contributed by atoms with van der Waals surface area (Å²) in [5, 5.41) is 5.60. The number of amides is 2. The van der Waals surface area contributed by atoms with Gasteiger partial charge in [0.15, 0.2) is 6.29 Å². The Hall–Kier alpha value is -0.810. The molecule has 1 fully saturated rings. The van der Waals surface area contributed by atoms with Gasteiger partial charge < -0.3 is 20.1 Å². The van der Waals surface area contributed by atoms with E-state index < -0.39 is 0 Å². The zero-order valence-corrected chi connectivity index (χ0v) is 10.3. The van der Waals surface area contributed by atoms with E-state index in [4.69, 9.17) is 9.47 Å². The molecule has 0 unspecified atom stereocenters. The quantitative estimate of drug-likeness (QED) is 0.767. The zero-order chi connectivity index (χ0) is 12.0. The Bertz CT molecular complexity index is 220. The minimum Gasteiger partial charge on any atom is -0.353 e. The number of nitrogens with one attached hydrogen (secondary N) is 2. The largest absolute Gasteiger partial charge is 0.353 e. The summed E-state index contributed by atoms with van der Waals surface area (Å²) in [6, 6.07) is -0.150. The molecule has 5 nitrogen and oxygen atoms in total. The third-order valence-electron chi connectivity index (χ3n) is 2.05. The third-order valence-corrected chi connectivity index (χ3v) is 2.05. The van der Waals surface area contributed by atoms with Crippen molar-refractivity contribution in [3.05, 3.63) is 0 Å². The highest BCUT2D eigenvalue weighted by atomic mass is 16.7. The van der Waals surface area contributed by atoms with Crippen LogP contribution in [0.2, 0.25) is 0 Å². The Morgan fingerprint density at radius 1 is 1.31 bits per heavy atom. The van der Waals surface area contributed by atoms with E-state index in [1.165, 1.54) is 0 Å². The molecule has 5 heteroatoms. The van der Waals surface area contributed by atoms with Crippen LogP contribution in [0.5, 0.6) is 0 Å². The highest BCUT2D eigenvalue weighted by Gasteiger charge is 2.16. The van der Waals surface area contributed by atoms with Gasteiger partial charge in [-0.1, -0.05) is 0 Å². The van der Waals surface area contributed by atoms with Gasteiger partial charge in [0.05, 0.1) is 13.2 Å². The first-order chi connectivity index (χ1) is 7.47. The van der Waals surface area contributed by atoms with Crippen LogP contribution in [0.1, 0.15) is 33.6 Å². The van der Waals surface area contributed by atoms with Crippen molar-refractivity contribution >= 4 is 6.03 Å². The van der Waals surface area contributed by atoms with E-state index in [0.29, 0.717) is 13.0 Å². The molecule has 0 saturated carbocycles. The van der Waals surface area contributed by atoms with Crippen molar-refractivity contribution in [1.29, 1.82) is 0 Å². The smallest absolute Gasteiger partial charge is 0.315 e. The molecule has 2 amide bonds. The molecule has 0 radical (unpaired) electrons. The first-order valence-corrected chi connectivity index (χ1v) is 5.76. The minimum atomic E-state index is -0.206. The first kappa shape index (κ1) is 13.3. The van der Waals surface area contributed by atoms with E-state index in [9.17, 15) is 4.79 Å². The Morgan fingerprint density at radius 3 is 2.50 bits per heavy atom. The molecule has 94 valence electrons. The third kappa shape index (κ3) is 5.92. The van der Waals surface area contributed by atoms with E-state index in [0.717, 1.165) is 19.6 Å². The number of ether oxygens (including phenoxy) is 2. The molecule has 16 heavy (non-hydrogen) atoms. The molecule has 1 heterocycles. The first-order valence-electron chi connectivity index (χ1n) is 5.76. The number of rotatable bonds is 3. The van der Waals surface area contributed by atoms with Gasteiger partial charge in [0.25, 0.3) is 0 Å². The second-order valence-corrected chi connectivity index (χ2v) is 4.94. The van der Waals surface area contributed by atoms with Gasteiger partial charge >= 0.3 is 6.03 Å². The SMILES string of the molecule is CC(C)(C)NC(=O)NCCC1OCCCO1. The Balaban J connectivity index is 2.08. The number of carbonyl (C=O) groups excluding carboxylic acids is 1. The molecule has 0 spiro atoms. The Morgan fingerprint density at radius 2 is 1.94 bits per heavy atom. The predicted molar refractivity (Wildman–Crippen MR) is 61.2 cm³/mol. The topological polar surface area (TPSA) is 59.6 Å². The van der Waals surface area contributed by atoms with Crippen LogP contribution in [0.15, 0.2) is 0 Å². The fraction of sp³-hybridized carbons (Fsp3) is 0.909. The van der Waals surface area contributed by atoms with Gasteiger partial charge in [0.2, 0.25) is 0 Å². The van der Waals surface area contributed by atoms with E-state index in [2.05, 4.69) is 10.6 Å². The molecular formula is C11H22N2O3. The molecule has 1 aliphatic rings. The van der Waals surface area contributed by atoms with Gasteiger partial charge in [-0.25, -0.2) is 4.79 Å². The molecule has 0 aromatic carbocycles. The molecule has 0 aromatic rings. The average Bonchev–Trinajstić information content (AvgIpc) is 2.16. The second kappa shape index (κ2) is 6.06. The molecule has 1 saturated heterocycles. The zero-order valence-electron chi connectivity index (χ0n) is 10.3. The Labute approximate surface area is 96.9 Å². The number of hydrogen-bond donors (Lipinski definition) is 2. The molecule has 0 bridgehead atoms. The standard InChI is InChI=1S/C11H22N2O3/c1-11(2,3)13-10(14)12-6-5-9-15-7-4-8-16-9/h9H,4-8H2,1-3H3,(H2,12,13,14). The van der Waals surface area contributed by atoms with Crippen molar-refractivity contribution in [3.63, 3.8) is 0 Å². The van der Waals surface area contributed by atoms with Crippen molar-refractivity contribution in [2.75, 3.05) is 19.8 Å². The maximum Gasteiger partial charge on any atom is 0.315 e. The van der Waals surface area contributed by atoms with Crippen LogP contribution in [0, 0.1) is 0 Å². The lowest BCUT2D eigenvalue weighted by Crippen LogP contribution is -2.47.